The van der Waals surface area contributed by atoms with Gasteiger partial charge in [0.15, 0.2) is 0 Å². The van der Waals surface area contributed by atoms with Crippen molar-refractivity contribution in [1.29, 1.82) is 0 Å². The van der Waals surface area contributed by atoms with Crippen molar-refractivity contribution in [2.24, 2.45) is 0 Å². The molecule has 0 aliphatic carbocycles. The molecule has 0 aliphatic heterocycles. The molecule has 0 aliphatic rings. The number of nitrogens with zero attached hydrogens (tertiary/aromatic N) is 2. The Kier molecular flexibility index (Phi) is 6.56. The first-order valence-electron chi connectivity index (χ1n) is 11.0. The van der Waals surface area contributed by atoms with Gasteiger partial charge in [-0.05, 0) is 79.8 Å². The minimum Gasteiger partial charge on any atom is -0.494 e. The summed E-state index contributed by atoms with van der Waals surface area (Å²) in [5, 5.41) is 0. The van der Waals surface area contributed by atoms with E-state index in [1.54, 1.807) is 0 Å². The first kappa shape index (κ1) is 21.0. The topological polar surface area (TPSA) is 36.3 Å². The minimum atomic E-state index is 0.443. The van der Waals surface area contributed by atoms with Gasteiger partial charge in [-0.1, -0.05) is 37.3 Å². The van der Waals surface area contributed by atoms with Crippen LogP contribution in [0.1, 0.15) is 35.9 Å². The van der Waals surface area contributed by atoms with Crippen LogP contribution in [-0.4, -0.2) is 16.2 Å². The second-order valence-corrected chi connectivity index (χ2v) is 7.90. The molecule has 0 atom stereocenters. The lowest BCUT2D eigenvalue weighted by Gasteiger charge is -2.12. The Balaban J connectivity index is 1.42. The van der Waals surface area contributed by atoms with E-state index in [-0.39, 0.29) is 0 Å². The van der Waals surface area contributed by atoms with Crippen molar-refractivity contribution in [3.05, 3.63) is 89.2 Å². The number of hydrogen-bond acceptors (Lipinski definition) is 3. The molecule has 0 bridgehead atoms. The highest BCUT2D eigenvalue weighted by molar-refractivity contribution is 5.75. The quantitative estimate of drug-likeness (QED) is 0.303. The average molecular weight is 415 g/mol. The number of hydrogen-bond donors (Lipinski definition) is 0. The molecule has 160 valence electrons. The fraction of sp³-hybridized carbons (Fsp3) is 0.296. The van der Waals surface area contributed by atoms with Gasteiger partial charge in [0, 0.05) is 6.54 Å². The molecule has 0 saturated heterocycles. The molecule has 3 aromatic carbocycles. The Morgan fingerprint density at radius 1 is 0.839 bits per heavy atom. The van der Waals surface area contributed by atoms with Crippen LogP contribution in [0.4, 0.5) is 0 Å². The van der Waals surface area contributed by atoms with Crippen LogP contribution < -0.4 is 9.47 Å². The minimum absolute atomic E-state index is 0.443. The van der Waals surface area contributed by atoms with E-state index in [9.17, 15) is 0 Å². The second-order valence-electron chi connectivity index (χ2n) is 7.90. The number of rotatable bonds is 9. The van der Waals surface area contributed by atoms with Crippen LogP contribution in [0.25, 0.3) is 11.0 Å². The molecule has 0 saturated carbocycles. The molecular weight excluding hydrogens is 384 g/mol. The van der Waals surface area contributed by atoms with Gasteiger partial charge in [-0.25, -0.2) is 4.98 Å². The molecule has 0 fully saturated rings. The van der Waals surface area contributed by atoms with E-state index in [0.29, 0.717) is 13.2 Å². The smallest absolute Gasteiger partial charge is 0.147 e. The highest BCUT2D eigenvalue weighted by atomic mass is 16.5. The van der Waals surface area contributed by atoms with Crippen LogP contribution in [0.3, 0.4) is 0 Å². The summed E-state index contributed by atoms with van der Waals surface area (Å²) < 4.78 is 14.3. The highest BCUT2D eigenvalue weighted by Gasteiger charge is 2.11. The molecule has 4 aromatic rings. The third-order valence-corrected chi connectivity index (χ3v) is 5.71. The Bertz CT molecular complexity index is 1150. The zero-order valence-corrected chi connectivity index (χ0v) is 18.6. The van der Waals surface area contributed by atoms with Crippen LogP contribution in [0.5, 0.6) is 11.5 Å². The summed E-state index contributed by atoms with van der Waals surface area (Å²) in [5.41, 5.74) is 5.98. The maximum absolute atomic E-state index is 6.05. The lowest BCUT2D eigenvalue weighted by atomic mass is 10.1. The Morgan fingerprint density at radius 3 is 2.39 bits per heavy atom. The molecule has 1 heterocycles. The molecule has 4 nitrogen and oxygen atoms in total. The zero-order chi connectivity index (χ0) is 21.6. The van der Waals surface area contributed by atoms with Crippen molar-refractivity contribution < 1.29 is 9.47 Å². The van der Waals surface area contributed by atoms with Crippen molar-refractivity contribution in [3.8, 4) is 11.5 Å². The van der Waals surface area contributed by atoms with Gasteiger partial charge in [-0.2, -0.15) is 0 Å². The van der Waals surface area contributed by atoms with E-state index >= 15 is 0 Å². The highest BCUT2D eigenvalue weighted by Crippen LogP contribution is 2.20. The number of aryl methyl sites for hydroxylation is 4. The molecule has 0 radical (unpaired) electrons. The summed E-state index contributed by atoms with van der Waals surface area (Å²) in [6, 6.07) is 22.8. The van der Waals surface area contributed by atoms with Gasteiger partial charge < -0.3 is 14.0 Å². The van der Waals surface area contributed by atoms with Crippen molar-refractivity contribution in [3.63, 3.8) is 0 Å². The van der Waals surface area contributed by atoms with Gasteiger partial charge in [0.1, 0.15) is 23.9 Å². The molecule has 0 amide bonds. The predicted octanol–water partition coefficient (Wildman–Crippen LogP) is 6.26. The summed E-state index contributed by atoms with van der Waals surface area (Å²) in [6.07, 6.45) is 1.92. The Labute approximate surface area is 184 Å². The normalized spacial score (nSPS) is 11.1. The van der Waals surface area contributed by atoms with Gasteiger partial charge in [-0.15, -0.1) is 0 Å². The van der Waals surface area contributed by atoms with Crippen LogP contribution in [-0.2, 0) is 19.6 Å². The largest absolute Gasteiger partial charge is 0.494 e. The number of ether oxygens (including phenoxy) is 2. The molecule has 1 aromatic heterocycles. The summed E-state index contributed by atoms with van der Waals surface area (Å²) in [5.74, 6) is 2.73. The summed E-state index contributed by atoms with van der Waals surface area (Å²) in [4.78, 5) is 4.82. The zero-order valence-electron chi connectivity index (χ0n) is 18.6. The monoisotopic (exact) mass is 414 g/mol. The summed E-state index contributed by atoms with van der Waals surface area (Å²) in [6.45, 7) is 8.32. The molecule has 0 spiro atoms. The lowest BCUT2D eigenvalue weighted by Crippen LogP contribution is -2.10. The fourth-order valence-corrected chi connectivity index (χ4v) is 3.67. The van der Waals surface area contributed by atoms with Gasteiger partial charge in [0.2, 0.25) is 0 Å². The summed E-state index contributed by atoms with van der Waals surface area (Å²) in [7, 11) is 0. The van der Waals surface area contributed by atoms with Crippen LogP contribution in [0.2, 0.25) is 0 Å². The second kappa shape index (κ2) is 9.69. The SMILES string of the molecule is CCc1ccc(OCc2nc3ccccc3n2CCCOc2ccc(C)c(C)c2)cc1. The van der Waals surface area contributed by atoms with Gasteiger partial charge >= 0.3 is 0 Å². The van der Waals surface area contributed by atoms with Crippen molar-refractivity contribution in [2.75, 3.05) is 6.61 Å². The van der Waals surface area contributed by atoms with Crippen LogP contribution in [0.15, 0.2) is 66.7 Å². The maximum Gasteiger partial charge on any atom is 0.147 e. The van der Waals surface area contributed by atoms with Crippen LogP contribution in [0, 0.1) is 13.8 Å². The number of benzene rings is 3. The van der Waals surface area contributed by atoms with Crippen LogP contribution >= 0.6 is 0 Å². The molecule has 0 unspecified atom stereocenters. The molecule has 4 heteroatoms. The molecule has 0 N–H and O–H groups in total. The van der Waals surface area contributed by atoms with E-state index in [1.807, 2.05) is 24.3 Å². The average Bonchev–Trinajstić information content (AvgIpc) is 3.15. The van der Waals surface area contributed by atoms with E-state index in [4.69, 9.17) is 14.5 Å². The number of fused-ring (bicyclic) bond motifs is 1. The van der Waals surface area contributed by atoms with Gasteiger partial charge in [0.05, 0.1) is 17.6 Å². The van der Waals surface area contributed by atoms with Gasteiger partial charge in [-0.3, -0.25) is 0 Å². The maximum atomic E-state index is 6.05. The third-order valence-electron chi connectivity index (χ3n) is 5.71. The third kappa shape index (κ3) is 5.08. The van der Waals surface area contributed by atoms with E-state index < -0.39 is 0 Å². The van der Waals surface area contributed by atoms with E-state index in [1.165, 1.54) is 16.7 Å². The van der Waals surface area contributed by atoms with E-state index in [0.717, 1.165) is 47.7 Å². The Hall–Kier alpha value is -3.27. The standard InChI is InChI=1S/C27H30N2O2/c1-4-22-11-14-23(15-12-22)31-19-27-28-25-8-5-6-9-26(25)29(27)16-7-17-30-24-13-10-20(2)21(3)18-24/h5-6,8-15,18H,4,7,16-17,19H2,1-3H3. The first-order chi connectivity index (χ1) is 15.1. The fourth-order valence-electron chi connectivity index (χ4n) is 3.67. The predicted molar refractivity (Wildman–Crippen MR) is 126 cm³/mol. The first-order valence-corrected chi connectivity index (χ1v) is 11.0. The number of aromatic nitrogens is 2. The van der Waals surface area contributed by atoms with Crippen molar-refractivity contribution >= 4 is 11.0 Å². The molecular formula is C27H30N2O2. The van der Waals surface area contributed by atoms with E-state index in [2.05, 4.69) is 67.8 Å². The van der Waals surface area contributed by atoms with Crippen molar-refractivity contribution in [1.82, 2.24) is 9.55 Å². The Morgan fingerprint density at radius 2 is 1.61 bits per heavy atom. The lowest BCUT2D eigenvalue weighted by molar-refractivity contribution is 0.280. The molecule has 31 heavy (non-hydrogen) atoms. The summed E-state index contributed by atoms with van der Waals surface area (Å²) >= 11 is 0. The van der Waals surface area contributed by atoms with Crippen molar-refractivity contribution in [2.45, 2.75) is 46.8 Å². The number of para-hydroxylation sites is 2. The number of imidazole rings is 1. The molecule has 4 rings (SSSR count). The van der Waals surface area contributed by atoms with Gasteiger partial charge in [0.25, 0.3) is 0 Å².